The lowest BCUT2D eigenvalue weighted by Crippen LogP contribution is -2.54. The van der Waals surface area contributed by atoms with Crippen molar-refractivity contribution in [3.05, 3.63) is 29.8 Å². The number of para-hydroxylation sites is 1. The SMILES string of the molecule is O=C(NCCC1CC(O)C1)[C@H]1C[C@H]2CCCN2[C@]12C(=O)Nc1ccccc12. The van der Waals surface area contributed by atoms with E-state index in [2.05, 4.69) is 15.5 Å². The summed E-state index contributed by atoms with van der Waals surface area (Å²) in [6.07, 6.45) is 5.31. The van der Waals surface area contributed by atoms with Gasteiger partial charge in [-0.05, 0) is 57.1 Å². The standard InChI is InChI=1S/C21H27N3O3/c25-15-10-13(11-15)7-8-22-19(26)17-12-14-4-3-9-24(14)21(17)16-5-1-2-6-18(16)23-20(21)27/h1-2,5-6,13-15,17,25H,3-4,7-12H2,(H,22,26)(H,23,27)/t13?,14-,15?,17-,21+/m1/s1. The molecule has 144 valence electrons. The number of hydrogen-bond acceptors (Lipinski definition) is 4. The van der Waals surface area contributed by atoms with E-state index in [1.807, 2.05) is 24.3 Å². The Hall–Kier alpha value is -1.92. The molecule has 1 aromatic carbocycles. The molecule has 3 N–H and O–H groups in total. The lowest BCUT2D eigenvalue weighted by Gasteiger charge is -2.36. The van der Waals surface area contributed by atoms with Crippen LogP contribution in [-0.2, 0) is 15.1 Å². The molecule has 2 saturated heterocycles. The van der Waals surface area contributed by atoms with Crippen molar-refractivity contribution < 1.29 is 14.7 Å². The van der Waals surface area contributed by atoms with Gasteiger partial charge in [0, 0.05) is 23.8 Å². The summed E-state index contributed by atoms with van der Waals surface area (Å²) in [7, 11) is 0. The van der Waals surface area contributed by atoms with E-state index in [0.717, 1.165) is 56.3 Å². The van der Waals surface area contributed by atoms with E-state index in [9.17, 15) is 14.7 Å². The monoisotopic (exact) mass is 369 g/mol. The number of aliphatic hydroxyl groups is 1. The van der Waals surface area contributed by atoms with Gasteiger partial charge in [0.25, 0.3) is 0 Å². The number of anilines is 1. The Morgan fingerprint density at radius 1 is 1.30 bits per heavy atom. The fourth-order valence-corrected chi connectivity index (χ4v) is 5.84. The molecule has 0 bridgehead atoms. The smallest absolute Gasteiger partial charge is 0.250 e. The summed E-state index contributed by atoms with van der Waals surface area (Å²) in [6, 6.07) is 8.13. The van der Waals surface area contributed by atoms with Crippen LogP contribution in [0.5, 0.6) is 0 Å². The molecule has 3 heterocycles. The maximum absolute atomic E-state index is 13.2. The Morgan fingerprint density at radius 2 is 2.11 bits per heavy atom. The van der Waals surface area contributed by atoms with Gasteiger partial charge >= 0.3 is 0 Å². The molecular weight excluding hydrogens is 342 g/mol. The predicted octanol–water partition coefficient (Wildman–Crippen LogP) is 1.60. The molecule has 3 atom stereocenters. The Labute approximate surface area is 159 Å². The number of rotatable bonds is 4. The molecule has 1 spiro atoms. The highest BCUT2D eigenvalue weighted by molar-refractivity contribution is 6.09. The molecule has 6 heteroatoms. The van der Waals surface area contributed by atoms with Crippen LogP contribution in [0.4, 0.5) is 5.69 Å². The van der Waals surface area contributed by atoms with Gasteiger partial charge in [-0.1, -0.05) is 18.2 Å². The van der Waals surface area contributed by atoms with E-state index >= 15 is 0 Å². The average Bonchev–Trinajstić information content (AvgIpc) is 3.28. The first-order valence-corrected chi connectivity index (χ1v) is 10.2. The van der Waals surface area contributed by atoms with Crippen LogP contribution >= 0.6 is 0 Å². The van der Waals surface area contributed by atoms with E-state index in [1.54, 1.807) is 0 Å². The summed E-state index contributed by atoms with van der Waals surface area (Å²) in [5.41, 5.74) is 0.951. The average molecular weight is 369 g/mol. The van der Waals surface area contributed by atoms with Gasteiger partial charge in [-0.25, -0.2) is 0 Å². The second-order valence-electron chi connectivity index (χ2n) is 8.61. The third-order valence-electron chi connectivity index (χ3n) is 7.15. The number of hydrogen-bond donors (Lipinski definition) is 3. The molecule has 1 aliphatic carbocycles. The molecule has 0 radical (unpaired) electrons. The normalized spacial score (nSPS) is 37.0. The highest BCUT2D eigenvalue weighted by atomic mass is 16.3. The lowest BCUT2D eigenvalue weighted by molar-refractivity contribution is -0.137. The first-order chi connectivity index (χ1) is 13.1. The van der Waals surface area contributed by atoms with Crippen LogP contribution in [0.15, 0.2) is 24.3 Å². The van der Waals surface area contributed by atoms with Crippen molar-refractivity contribution in [3.8, 4) is 0 Å². The van der Waals surface area contributed by atoms with Crippen molar-refractivity contribution in [2.75, 3.05) is 18.4 Å². The Kier molecular flexibility index (Phi) is 4.02. The highest BCUT2D eigenvalue weighted by Gasteiger charge is 2.65. The van der Waals surface area contributed by atoms with E-state index in [0.29, 0.717) is 18.5 Å². The van der Waals surface area contributed by atoms with Crippen LogP contribution in [0, 0.1) is 11.8 Å². The fourth-order valence-electron chi connectivity index (χ4n) is 5.84. The number of nitrogens with one attached hydrogen (secondary N) is 2. The number of aliphatic hydroxyl groups excluding tert-OH is 1. The zero-order chi connectivity index (χ0) is 18.6. The maximum Gasteiger partial charge on any atom is 0.250 e. The van der Waals surface area contributed by atoms with Gasteiger partial charge in [0.1, 0.15) is 5.54 Å². The van der Waals surface area contributed by atoms with Gasteiger partial charge in [0.05, 0.1) is 12.0 Å². The fraction of sp³-hybridized carbons (Fsp3) is 0.619. The maximum atomic E-state index is 13.2. The van der Waals surface area contributed by atoms with Crippen molar-refractivity contribution in [2.24, 2.45) is 11.8 Å². The second-order valence-corrected chi connectivity index (χ2v) is 8.61. The van der Waals surface area contributed by atoms with Gasteiger partial charge in [0.15, 0.2) is 0 Å². The number of benzene rings is 1. The minimum atomic E-state index is -0.853. The number of carbonyl (C=O) groups excluding carboxylic acids is 2. The lowest BCUT2D eigenvalue weighted by atomic mass is 9.78. The zero-order valence-corrected chi connectivity index (χ0v) is 15.5. The van der Waals surface area contributed by atoms with E-state index < -0.39 is 5.54 Å². The highest BCUT2D eigenvalue weighted by Crippen LogP contribution is 2.55. The Balaban J connectivity index is 1.40. The van der Waals surface area contributed by atoms with Gasteiger partial charge in [-0.15, -0.1) is 0 Å². The van der Waals surface area contributed by atoms with Crippen molar-refractivity contribution in [1.29, 1.82) is 0 Å². The molecule has 2 amide bonds. The molecule has 3 aliphatic heterocycles. The Bertz CT molecular complexity index is 776. The summed E-state index contributed by atoms with van der Waals surface area (Å²) in [5.74, 6) is 0.112. The van der Waals surface area contributed by atoms with Crippen molar-refractivity contribution in [2.45, 2.75) is 56.2 Å². The van der Waals surface area contributed by atoms with Crippen LogP contribution in [0.2, 0.25) is 0 Å². The summed E-state index contributed by atoms with van der Waals surface area (Å²) < 4.78 is 0. The van der Waals surface area contributed by atoms with Crippen LogP contribution in [-0.4, -0.2) is 47.1 Å². The number of carbonyl (C=O) groups is 2. The zero-order valence-electron chi connectivity index (χ0n) is 15.5. The molecule has 1 aromatic rings. The predicted molar refractivity (Wildman–Crippen MR) is 101 cm³/mol. The third-order valence-corrected chi connectivity index (χ3v) is 7.15. The second kappa shape index (κ2) is 6.31. The number of nitrogens with zero attached hydrogens (tertiary/aromatic N) is 1. The third kappa shape index (κ3) is 2.46. The largest absolute Gasteiger partial charge is 0.393 e. The van der Waals surface area contributed by atoms with Crippen LogP contribution in [0.3, 0.4) is 0 Å². The van der Waals surface area contributed by atoms with Crippen molar-refractivity contribution >= 4 is 17.5 Å². The molecule has 3 fully saturated rings. The molecule has 4 aliphatic rings. The van der Waals surface area contributed by atoms with Crippen molar-refractivity contribution in [1.82, 2.24) is 10.2 Å². The minimum absolute atomic E-state index is 0.00359. The summed E-state index contributed by atoms with van der Waals surface area (Å²) >= 11 is 0. The van der Waals surface area contributed by atoms with Gasteiger partial charge in [0.2, 0.25) is 11.8 Å². The first-order valence-electron chi connectivity index (χ1n) is 10.2. The van der Waals surface area contributed by atoms with Gasteiger partial charge in [-0.3, -0.25) is 14.5 Å². The number of fused-ring (bicyclic) bond motifs is 4. The summed E-state index contributed by atoms with van der Waals surface area (Å²) in [5, 5.41) is 15.6. The quantitative estimate of drug-likeness (QED) is 0.753. The van der Waals surface area contributed by atoms with Crippen LogP contribution < -0.4 is 10.6 Å². The first kappa shape index (κ1) is 17.2. The molecule has 27 heavy (non-hydrogen) atoms. The topological polar surface area (TPSA) is 81.7 Å². The summed E-state index contributed by atoms with van der Waals surface area (Å²) in [6.45, 7) is 1.49. The Morgan fingerprint density at radius 3 is 2.93 bits per heavy atom. The summed E-state index contributed by atoms with van der Waals surface area (Å²) in [4.78, 5) is 28.7. The number of amides is 2. The van der Waals surface area contributed by atoms with Gasteiger partial charge < -0.3 is 15.7 Å². The molecule has 0 aromatic heterocycles. The minimum Gasteiger partial charge on any atom is -0.393 e. The van der Waals surface area contributed by atoms with E-state index in [1.165, 1.54) is 0 Å². The van der Waals surface area contributed by atoms with Crippen molar-refractivity contribution in [3.63, 3.8) is 0 Å². The van der Waals surface area contributed by atoms with Gasteiger partial charge in [-0.2, -0.15) is 0 Å². The van der Waals surface area contributed by atoms with Crippen LogP contribution in [0.25, 0.3) is 0 Å². The molecule has 1 saturated carbocycles. The van der Waals surface area contributed by atoms with E-state index in [4.69, 9.17) is 0 Å². The van der Waals surface area contributed by atoms with E-state index in [-0.39, 0.29) is 23.8 Å². The molecule has 5 rings (SSSR count). The molecule has 6 nitrogen and oxygen atoms in total. The van der Waals surface area contributed by atoms with Crippen LogP contribution in [0.1, 0.15) is 44.1 Å². The molecular formula is C21H27N3O3. The molecule has 0 unspecified atom stereocenters.